The van der Waals surface area contributed by atoms with Crippen molar-refractivity contribution in [3.63, 3.8) is 0 Å². The van der Waals surface area contributed by atoms with Crippen molar-refractivity contribution in [1.82, 2.24) is 4.98 Å². The first-order chi connectivity index (χ1) is 25.2. The molecule has 51 heavy (non-hydrogen) atoms. The summed E-state index contributed by atoms with van der Waals surface area (Å²) in [6, 6.07) is 66.5. The lowest BCUT2D eigenvalue weighted by Gasteiger charge is -2.20. The molecule has 0 aliphatic heterocycles. The molecule has 0 saturated heterocycles. The Balaban J connectivity index is 1.16. The van der Waals surface area contributed by atoms with Crippen molar-refractivity contribution in [3.05, 3.63) is 194 Å². The molecule has 9 aromatic rings. The smallest absolute Gasteiger partial charge is 0.171 e. The summed E-state index contributed by atoms with van der Waals surface area (Å²) in [5.41, 5.74) is 8.80. The highest BCUT2D eigenvalue weighted by atomic mass is 32.1. The zero-order chi connectivity index (χ0) is 34.2. The Morgan fingerprint density at radius 3 is 1.45 bits per heavy atom. The maximum Gasteiger partial charge on any atom is 0.171 e. The van der Waals surface area contributed by atoms with Crippen molar-refractivity contribution in [2.75, 3.05) is 0 Å². The lowest BCUT2D eigenvalue weighted by molar-refractivity contribution is 0.592. The Hall–Kier alpha value is -5.86. The second-order valence-electron chi connectivity index (χ2n) is 12.6. The number of pyridine rings is 1. The van der Waals surface area contributed by atoms with Crippen LogP contribution < -0.4 is 15.9 Å². The van der Waals surface area contributed by atoms with E-state index in [1.807, 2.05) is 84.1 Å². The van der Waals surface area contributed by atoms with Crippen LogP contribution >= 0.6 is 18.5 Å². The summed E-state index contributed by atoms with van der Waals surface area (Å²) >= 11 is 1.85. The van der Waals surface area contributed by atoms with Crippen molar-refractivity contribution < 1.29 is 4.57 Å². The molecular weight excluding hydrogens is 658 g/mol. The van der Waals surface area contributed by atoms with Crippen LogP contribution in [0.2, 0.25) is 0 Å². The Kier molecular flexibility index (Phi) is 8.01. The highest BCUT2D eigenvalue weighted by Crippen LogP contribution is 2.50. The van der Waals surface area contributed by atoms with Crippen molar-refractivity contribution in [1.29, 1.82) is 0 Å². The highest BCUT2D eigenvalue weighted by Gasteiger charge is 2.29. The minimum Gasteiger partial charge on any atom is -0.309 e. The van der Waals surface area contributed by atoms with E-state index in [0.717, 1.165) is 43.8 Å². The molecule has 2 heterocycles. The van der Waals surface area contributed by atoms with Gasteiger partial charge in [-0.2, -0.15) is 0 Å². The Morgan fingerprint density at radius 1 is 0.412 bits per heavy atom. The molecule has 2 aromatic heterocycles. The number of fused-ring (bicyclic) bond motifs is 3. The van der Waals surface area contributed by atoms with Crippen LogP contribution in [-0.4, -0.2) is 4.98 Å². The van der Waals surface area contributed by atoms with Crippen LogP contribution in [0.25, 0.3) is 64.9 Å². The second-order valence-corrected chi connectivity index (χ2v) is 16.4. The Labute approximate surface area is 301 Å². The van der Waals surface area contributed by atoms with Gasteiger partial charge in [-0.3, -0.25) is 0 Å². The summed E-state index contributed by atoms with van der Waals surface area (Å²) in [5.74, 6) is 0. The lowest BCUT2D eigenvalue weighted by atomic mass is 9.94. The van der Waals surface area contributed by atoms with Crippen LogP contribution in [-0.2, 0) is 4.57 Å². The SMILES string of the molecule is O=P(c1ccccc1)(c1ccccc1)c1ccc(-c2ccc(-c3nc4ccccc4c4sc(-c5ccccc5)c(-c5ccccc5)c34)cc2)cc1. The predicted octanol–water partition coefficient (Wildman–Crippen LogP) is 11.8. The molecule has 0 aliphatic carbocycles. The van der Waals surface area contributed by atoms with Gasteiger partial charge in [0.2, 0.25) is 0 Å². The first kappa shape index (κ1) is 31.1. The second kappa shape index (κ2) is 13.1. The molecule has 0 spiro atoms. The van der Waals surface area contributed by atoms with Crippen LogP contribution in [0.3, 0.4) is 0 Å². The summed E-state index contributed by atoms with van der Waals surface area (Å²) in [5, 5.41) is 4.84. The molecule has 0 saturated carbocycles. The standard InChI is InChI=1S/C47H32NOPS/c49-50(38-19-9-3-10-20-38,39-21-11-4-12-22-39)40-31-29-34(30-32-40)33-25-27-36(28-26-33)45-44-43(35-15-5-1-6-16-35)46(37-17-7-2-8-18-37)51-47(44)41-23-13-14-24-42(41)48-45/h1-32H. The summed E-state index contributed by atoms with van der Waals surface area (Å²) in [6.07, 6.45) is 0. The van der Waals surface area contributed by atoms with Gasteiger partial charge in [0.25, 0.3) is 0 Å². The van der Waals surface area contributed by atoms with Gasteiger partial charge in [0.1, 0.15) is 0 Å². The monoisotopic (exact) mass is 689 g/mol. The number of aromatic nitrogens is 1. The average Bonchev–Trinajstić information content (AvgIpc) is 3.63. The normalized spacial score (nSPS) is 11.6. The van der Waals surface area contributed by atoms with E-state index in [2.05, 4.69) is 121 Å². The van der Waals surface area contributed by atoms with Gasteiger partial charge in [0, 0.05) is 47.4 Å². The molecule has 7 aromatic carbocycles. The summed E-state index contributed by atoms with van der Waals surface area (Å²) in [4.78, 5) is 6.59. The number of thiophene rings is 1. The van der Waals surface area contributed by atoms with Gasteiger partial charge in [0.05, 0.1) is 11.2 Å². The number of rotatable bonds is 7. The van der Waals surface area contributed by atoms with Crippen molar-refractivity contribution in [3.8, 4) is 44.0 Å². The van der Waals surface area contributed by atoms with E-state index < -0.39 is 7.14 Å². The number of benzene rings is 7. The van der Waals surface area contributed by atoms with E-state index in [1.54, 1.807) is 0 Å². The minimum atomic E-state index is -3.04. The largest absolute Gasteiger partial charge is 0.309 e. The van der Waals surface area contributed by atoms with E-state index in [4.69, 9.17) is 4.98 Å². The van der Waals surface area contributed by atoms with Gasteiger partial charge in [-0.15, -0.1) is 11.3 Å². The van der Waals surface area contributed by atoms with Gasteiger partial charge in [-0.05, 0) is 28.3 Å². The number of hydrogen-bond acceptors (Lipinski definition) is 3. The fourth-order valence-electron chi connectivity index (χ4n) is 7.08. The Bertz CT molecular complexity index is 2630. The fourth-order valence-corrected chi connectivity index (χ4v) is 11.1. The molecule has 0 radical (unpaired) electrons. The summed E-state index contributed by atoms with van der Waals surface area (Å²) in [6.45, 7) is 0. The van der Waals surface area contributed by atoms with Crippen LogP contribution in [0.5, 0.6) is 0 Å². The highest BCUT2D eigenvalue weighted by molar-refractivity contribution is 7.85. The molecule has 0 fully saturated rings. The third-order valence-electron chi connectivity index (χ3n) is 9.59. The van der Waals surface area contributed by atoms with Crippen LogP contribution in [0.15, 0.2) is 194 Å². The van der Waals surface area contributed by atoms with Crippen LogP contribution in [0.4, 0.5) is 0 Å². The van der Waals surface area contributed by atoms with Crippen molar-refractivity contribution >= 4 is 55.4 Å². The fraction of sp³-hybridized carbons (Fsp3) is 0. The molecule has 4 heteroatoms. The van der Waals surface area contributed by atoms with Gasteiger partial charge >= 0.3 is 0 Å². The number of para-hydroxylation sites is 1. The van der Waals surface area contributed by atoms with Gasteiger partial charge in [-0.25, -0.2) is 4.98 Å². The Morgan fingerprint density at radius 2 is 0.863 bits per heavy atom. The van der Waals surface area contributed by atoms with E-state index in [9.17, 15) is 4.57 Å². The van der Waals surface area contributed by atoms with Gasteiger partial charge < -0.3 is 4.57 Å². The van der Waals surface area contributed by atoms with Crippen LogP contribution in [0, 0.1) is 0 Å². The molecule has 0 atom stereocenters. The molecule has 0 amide bonds. The summed E-state index contributed by atoms with van der Waals surface area (Å²) in [7, 11) is -3.04. The minimum absolute atomic E-state index is 0.822. The quantitative estimate of drug-likeness (QED) is 0.156. The molecule has 2 nitrogen and oxygen atoms in total. The lowest BCUT2D eigenvalue weighted by Crippen LogP contribution is -2.24. The zero-order valence-corrected chi connectivity index (χ0v) is 29.4. The first-order valence-electron chi connectivity index (χ1n) is 17.1. The predicted molar refractivity (Wildman–Crippen MR) is 218 cm³/mol. The number of hydrogen-bond donors (Lipinski definition) is 0. The van der Waals surface area contributed by atoms with Crippen molar-refractivity contribution in [2.24, 2.45) is 0 Å². The molecule has 9 rings (SSSR count). The average molecular weight is 690 g/mol. The maximum atomic E-state index is 14.9. The third-order valence-corrected chi connectivity index (χ3v) is 13.9. The van der Waals surface area contributed by atoms with E-state index in [1.165, 1.54) is 37.0 Å². The van der Waals surface area contributed by atoms with Crippen LogP contribution in [0.1, 0.15) is 0 Å². The molecular formula is C47H32NOPS. The number of nitrogens with zero attached hydrogens (tertiary/aromatic N) is 1. The zero-order valence-electron chi connectivity index (χ0n) is 27.7. The van der Waals surface area contributed by atoms with Gasteiger partial charge in [0.15, 0.2) is 7.14 Å². The maximum absolute atomic E-state index is 14.9. The molecule has 0 aliphatic rings. The third kappa shape index (κ3) is 5.52. The molecule has 0 N–H and O–H groups in total. The van der Waals surface area contributed by atoms with Crippen molar-refractivity contribution in [2.45, 2.75) is 0 Å². The molecule has 0 unspecified atom stereocenters. The molecule has 0 bridgehead atoms. The summed E-state index contributed by atoms with van der Waals surface area (Å²) < 4.78 is 16.1. The van der Waals surface area contributed by atoms with E-state index in [-0.39, 0.29) is 0 Å². The van der Waals surface area contributed by atoms with E-state index >= 15 is 0 Å². The van der Waals surface area contributed by atoms with Gasteiger partial charge in [-0.1, -0.05) is 188 Å². The topological polar surface area (TPSA) is 30.0 Å². The molecule has 242 valence electrons. The van der Waals surface area contributed by atoms with E-state index in [0.29, 0.717) is 0 Å². The first-order valence-corrected chi connectivity index (χ1v) is 19.6.